The molecule has 18 heavy (non-hydrogen) atoms. The predicted molar refractivity (Wildman–Crippen MR) is 64.2 cm³/mol. The van der Waals surface area contributed by atoms with Crippen LogP contribution in [0.3, 0.4) is 0 Å². The molecule has 0 bridgehead atoms. The summed E-state index contributed by atoms with van der Waals surface area (Å²) in [5.41, 5.74) is 1.75. The first kappa shape index (κ1) is 12.1. The SMILES string of the molecule is CCOC(=O)c1n[nH]nc1-c1cc(C)ccc1O. The average molecular weight is 247 g/mol. The van der Waals surface area contributed by atoms with E-state index in [1.54, 1.807) is 25.1 Å². The second kappa shape index (κ2) is 4.87. The van der Waals surface area contributed by atoms with E-state index in [2.05, 4.69) is 15.4 Å². The zero-order valence-electron chi connectivity index (χ0n) is 10.1. The number of nitrogens with zero attached hydrogens (tertiary/aromatic N) is 2. The lowest BCUT2D eigenvalue weighted by Crippen LogP contribution is -2.06. The summed E-state index contributed by atoms with van der Waals surface area (Å²) >= 11 is 0. The van der Waals surface area contributed by atoms with Crippen molar-refractivity contribution in [3.63, 3.8) is 0 Å². The molecule has 0 aliphatic heterocycles. The van der Waals surface area contributed by atoms with Gasteiger partial charge in [-0.1, -0.05) is 11.6 Å². The highest BCUT2D eigenvalue weighted by molar-refractivity contribution is 5.94. The van der Waals surface area contributed by atoms with Gasteiger partial charge in [0.15, 0.2) is 5.69 Å². The van der Waals surface area contributed by atoms with E-state index in [1.165, 1.54) is 0 Å². The van der Waals surface area contributed by atoms with Crippen LogP contribution in [-0.4, -0.2) is 33.1 Å². The van der Waals surface area contributed by atoms with Gasteiger partial charge in [0.2, 0.25) is 0 Å². The highest BCUT2D eigenvalue weighted by Crippen LogP contribution is 2.30. The van der Waals surface area contributed by atoms with Crippen LogP contribution in [0.2, 0.25) is 0 Å². The largest absolute Gasteiger partial charge is 0.507 e. The molecule has 0 amide bonds. The maximum atomic E-state index is 11.7. The van der Waals surface area contributed by atoms with Gasteiger partial charge in [-0.15, -0.1) is 5.10 Å². The lowest BCUT2D eigenvalue weighted by Gasteiger charge is -2.04. The maximum absolute atomic E-state index is 11.7. The zero-order chi connectivity index (χ0) is 13.1. The molecule has 6 heteroatoms. The smallest absolute Gasteiger partial charge is 0.361 e. The summed E-state index contributed by atoms with van der Waals surface area (Å²) in [4.78, 5) is 11.7. The molecule has 2 rings (SSSR count). The summed E-state index contributed by atoms with van der Waals surface area (Å²) in [6, 6.07) is 5.05. The Labute approximate surface area is 104 Å². The highest BCUT2D eigenvalue weighted by Gasteiger charge is 2.21. The number of phenolic OH excluding ortho intramolecular Hbond substituents is 1. The van der Waals surface area contributed by atoms with Crippen LogP contribution in [0.4, 0.5) is 0 Å². The third kappa shape index (κ3) is 2.17. The lowest BCUT2D eigenvalue weighted by molar-refractivity contribution is 0.0520. The molecule has 1 aromatic heterocycles. The summed E-state index contributed by atoms with van der Waals surface area (Å²) in [6.07, 6.45) is 0. The fourth-order valence-corrected chi connectivity index (χ4v) is 1.60. The molecule has 1 heterocycles. The number of aryl methyl sites for hydroxylation is 1. The van der Waals surface area contributed by atoms with E-state index < -0.39 is 5.97 Å². The quantitative estimate of drug-likeness (QED) is 0.805. The number of H-pyrrole nitrogens is 1. The van der Waals surface area contributed by atoms with E-state index in [9.17, 15) is 9.90 Å². The van der Waals surface area contributed by atoms with Crippen LogP contribution in [0, 0.1) is 6.92 Å². The van der Waals surface area contributed by atoms with Crippen molar-refractivity contribution in [1.82, 2.24) is 15.4 Å². The second-order valence-corrected chi connectivity index (χ2v) is 3.76. The Morgan fingerprint density at radius 3 is 2.94 bits per heavy atom. The van der Waals surface area contributed by atoms with Crippen LogP contribution < -0.4 is 0 Å². The van der Waals surface area contributed by atoms with E-state index in [4.69, 9.17) is 4.74 Å². The van der Waals surface area contributed by atoms with Gasteiger partial charge < -0.3 is 9.84 Å². The molecule has 0 aliphatic rings. The number of aromatic hydroxyl groups is 1. The average Bonchev–Trinajstić information content (AvgIpc) is 2.81. The van der Waals surface area contributed by atoms with Gasteiger partial charge in [-0.2, -0.15) is 10.3 Å². The minimum atomic E-state index is -0.567. The molecular weight excluding hydrogens is 234 g/mol. The minimum Gasteiger partial charge on any atom is -0.507 e. The van der Waals surface area contributed by atoms with Crippen LogP contribution in [-0.2, 0) is 4.74 Å². The standard InChI is InChI=1S/C12H13N3O3/c1-3-18-12(17)11-10(13-15-14-11)8-6-7(2)4-5-9(8)16/h4-6,16H,3H2,1-2H3,(H,13,14,15). The Balaban J connectivity index is 2.48. The molecule has 0 spiro atoms. The van der Waals surface area contributed by atoms with Gasteiger partial charge in [-0.3, -0.25) is 0 Å². The van der Waals surface area contributed by atoms with Crippen molar-refractivity contribution >= 4 is 5.97 Å². The first-order valence-electron chi connectivity index (χ1n) is 5.51. The van der Waals surface area contributed by atoms with Crippen molar-refractivity contribution in [3.05, 3.63) is 29.5 Å². The van der Waals surface area contributed by atoms with E-state index in [0.717, 1.165) is 5.56 Å². The monoisotopic (exact) mass is 247 g/mol. The normalized spacial score (nSPS) is 10.3. The van der Waals surface area contributed by atoms with E-state index in [-0.39, 0.29) is 23.7 Å². The molecule has 0 radical (unpaired) electrons. The predicted octanol–water partition coefficient (Wildman–Crippen LogP) is 1.66. The topological polar surface area (TPSA) is 88.1 Å². The van der Waals surface area contributed by atoms with Gasteiger partial charge in [-0.05, 0) is 26.0 Å². The summed E-state index contributed by atoms with van der Waals surface area (Å²) in [6.45, 7) is 3.85. The number of aromatic nitrogens is 3. The third-order valence-electron chi connectivity index (χ3n) is 2.42. The molecule has 0 saturated carbocycles. The molecule has 1 aromatic carbocycles. The van der Waals surface area contributed by atoms with Crippen molar-refractivity contribution in [2.45, 2.75) is 13.8 Å². The number of ether oxygens (including phenoxy) is 1. The summed E-state index contributed by atoms with van der Waals surface area (Å²) in [5.74, 6) is -0.526. The Morgan fingerprint density at radius 1 is 1.44 bits per heavy atom. The molecule has 2 N–H and O–H groups in total. The molecule has 0 aliphatic carbocycles. The summed E-state index contributed by atoms with van der Waals surface area (Å²) < 4.78 is 4.88. The Hall–Kier alpha value is -2.37. The molecule has 0 saturated heterocycles. The van der Waals surface area contributed by atoms with E-state index in [1.807, 2.05) is 6.92 Å². The molecule has 0 unspecified atom stereocenters. The molecule has 0 fully saturated rings. The summed E-state index contributed by atoms with van der Waals surface area (Å²) in [5, 5.41) is 19.8. The number of phenols is 1. The second-order valence-electron chi connectivity index (χ2n) is 3.76. The lowest BCUT2D eigenvalue weighted by atomic mass is 10.1. The van der Waals surface area contributed by atoms with Crippen molar-refractivity contribution in [3.8, 4) is 17.0 Å². The number of hydrogen-bond acceptors (Lipinski definition) is 5. The van der Waals surface area contributed by atoms with Crippen molar-refractivity contribution in [1.29, 1.82) is 0 Å². The number of rotatable bonds is 3. The van der Waals surface area contributed by atoms with Crippen LogP contribution in [0.1, 0.15) is 23.0 Å². The Morgan fingerprint density at radius 2 is 2.22 bits per heavy atom. The fraction of sp³-hybridized carbons (Fsp3) is 0.250. The van der Waals surface area contributed by atoms with Crippen molar-refractivity contribution < 1.29 is 14.6 Å². The number of nitrogens with one attached hydrogen (secondary N) is 1. The van der Waals surface area contributed by atoms with Crippen LogP contribution in [0.15, 0.2) is 18.2 Å². The fourth-order valence-electron chi connectivity index (χ4n) is 1.60. The van der Waals surface area contributed by atoms with Gasteiger partial charge in [0.25, 0.3) is 0 Å². The Bertz CT molecular complexity index is 578. The number of carbonyl (C=O) groups excluding carboxylic acids is 1. The highest BCUT2D eigenvalue weighted by atomic mass is 16.5. The van der Waals surface area contributed by atoms with Gasteiger partial charge >= 0.3 is 5.97 Å². The Kier molecular flexibility index (Phi) is 3.27. The number of hydrogen-bond donors (Lipinski definition) is 2. The van der Waals surface area contributed by atoms with E-state index in [0.29, 0.717) is 5.56 Å². The first-order valence-corrected chi connectivity index (χ1v) is 5.51. The minimum absolute atomic E-state index is 0.0417. The van der Waals surface area contributed by atoms with E-state index >= 15 is 0 Å². The number of aromatic amines is 1. The van der Waals surface area contributed by atoms with Crippen molar-refractivity contribution in [2.24, 2.45) is 0 Å². The van der Waals surface area contributed by atoms with Crippen molar-refractivity contribution in [2.75, 3.05) is 6.61 Å². The number of esters is 1. The zero-order valence-corrected chi connectivity index (χ0v) is 10.1. The molecule has 0 atom stereocenters. The maximum Gasteiger partial charge on any atom is 0.361 e. The molecule has 2 aromatic rings. The number of carbonyl (C=O) groups is 1. The van der Waals surface area contributed by atoms with Gasteiger partial charge in [0, 0.05) is 5.56 Å². The third-order valence-corrected chi connectivity index (χ3v) is 2.42. The van der Waals surface area contributed by atoms with Crippen LogP contribution in [0.5, 0.6) is 5.75 Å². The first-order chi connectivity index (χ1) is 8.63. The summed E-state index contributed by atoms with van der Waals surface area (Å²) in [7, 11) is 0. The van der Waals surface area contributed by atoms with Crippen LogP contribution >= 0.6 is 0 Å². The number of benzene rings is 1. The molecular formula is C12H13N3O3. The van der Waals surface area contributed by atoms with Gasteiger partial charge in [0.1, 0.15) is 11.4 Å². The van der Waals surface area contributed by atoms with Gasteiger partial charge in [-0.25, -0.2) is 4.79 Å². The molecule has 94 valence electrons. The van der Waals surface area contributed by atoms with Gasteiger partial charge in [0.05, 0.1) is 6.61 Å². The molecule has 6 nitrogen and oxygen atoms in total. The van der Waals surface area contributed by atoms with Crippen LogP contribution in [0.25, 0.3) is 11.3 Å².